The minimum atomic E-state index is -0.294. The smallest absolute Gasteiger partial charge is 0.413 e. The molecule has 30 heavy (non-hydrogen) atoms. The monoisotopic (exact) mass is 406 g/mol. The molecule has 1 aromatic carbocycles. The van der Waals surface area contributed by atoms with Crippen molar-refractivity contribution >= 4 is 6.09 Å². The molecule has 1 aliphatic rings. The lowest BCUT2D eigenvalue weighted by Gasteiger charge is -2.30. The molecule has 0 aliphatic carbocycles. The molecule has 1 fully saturated rings. The van der Waals surface area contributed by atoms with Gasteiger partial charge >= 0.3 is 6.09 Å². The van der Waals surface area contributed by atoms with Crippen LogP contribution in [-0.2, 0) is 6.42 Å². The van der Waals surface area contributed by atoms with Gasteiger partial charge in [0, 0.05) is 37.6 Å². The third kappa shape index (κ3) is 5.37. The zero-order chi connectivity index (χ0) is 20.8. The molecule has 2 aromatic heterocycles. The van der Waals surface area contributed by atoms with Gasteiger partial charge in [-0.2, -0.15) is 4.73 Å². The third-order valence-electron chi connectivity index (χ3n) is 5.30. The van der Waals surface area contributed by atoms with Crippen LogP contribution in [-0.4, -0.2) is 45.4 Å². The number of nitrogens with zero attached hydrogens (tertiary/aromatic N) is 4. The fourth-order valence-electron chi connectivity index (χ4n) is 3.54. The first-order valence-corrected chi connectivity index (χ1v) is 10.2. The molecule has 0 saturated carbocycles. The highest BCUT2D eigenvalue weighted by molar-refractivity contribution is 5.70. The molecule has 0 N–H and O–H groups in total. The highest BCUT2D eigenvalue weighted by atomic mass is 16.7. The summed E-state index contributed by atoms with van der Waals surface area (Å²) in [5.74, 6) is 0.984. The summed E-state index contributed by atoms with van der Waals surface area (Å²) in [6, 6.07) is 11.7. The molecule has 0 spiro atoms. The number of amides is 1. The Balaban J connectivity index is 1.23. The first-order chi connectivity index (χ1) is 14.7. The number of piperidine rings is 1. The van der Waals surface area contributed by atoms with Gasteiger partial charge in [0.05, 0.1) is 6.20 Å². The maximum absolute atomic E-state index is 12.5. The predicted octanol–water partition coefficient (Wildman–Crippen LogP) is 3.52. The van der Waals surface area contributed by atoms with Crippen LogP contribution in [0, 0.1) is 12.8 Å². The van der Waals surface area contributed by atoms with E-state index in [2.05, 4.69) is 23.0 Å². The lowest BCUT2D eigenvalue weighted by Crippen LogP contribution is -2.41. The summed E-state index contributed by atoms with van der Waals surface area (Å²) in [7, 11) is 0. The number of hydrogen-bond donors (Lipinski definition) is 0. The average Bonchev–Trinajstić information content (AvgIpc) is 3.28. The van der Waals surface area contributed by atoms with Crippen molar-refractivity contribution in [3.63, 3.8) is 0 Å². The van der Waals surface area contributed by atoms with E-state index >= 15 is 0 Å². The topological polar surface area (TPSA) is 69.5 Å². The van der Waals surface area contributed by atoms with Crippen LogP contribution in [0.4, 0.5) is 4.79 Å². The fraction of sp³-hybridized carbons (Fsp3) is 0.348. The van der Waals surface area contributed by atoms with Crippen LogP contribution in [0.25, 0.3) is 0 Å². The highest BCUT2D eigenvalue weighted by Crippen LogP contribution is 2.20. The SMILES string of the molecule is Cc1ccnc(Cc2ccc(OC(=O)N3CCC(COn4ccnc4)CC3)cc2)c1. The number of rotatable bonds is 6. The predicted molar refractivity (Wildman–Crippen MR) is 112 cm³/mol. The molecular formula is C23H26N4O3. The number of pyridine rings is 1. The van der Waals surface area contributed by atoms with Crippen molar-refractivity contribution in [3.8, 4) is 5.75 Å². The van der Waals surface area contributed by atoms with E-state index in [1.54, 1.807) is 28.4 Å². The van der Waals surface area contributed by atoms with E-state index < -0.39 is 0 Å². The number of imidazole rings is 1. The van der Waals surface area contributed by atoms with Crippen molar-refractivity contribution in [2.24, 2.45) is 5.92 Å². The fourth-order valence-corrected chi connectivity index (χ4v) is 3.54. The summed E-state index contributed by atoms with van der Waals surface area (Å²) in [5.41, 5.74) is 3.36. The van der Waals surface area contributed by atoms with Crippen LogP contribution in [0.15, 0.2) is 61.3 Å². The maximum atomic E-state index is 12.5. The van der Waals surface area contributed by atoms with Crippen molar-refractivity contribution in [2.45, 2.75) is 26.2 Å². The van der Waals surface area contributed by atoms with Crippen molar-refractivity contribution in [1.29, 1.82) is 0 Å². The van der Waals surface area contributed by atoms with E-state index in [1.807, 2.05) is 36.5 Å². The molecule has 1 saturated heterocycles. The van der Waals surface area contributed by atoms with E-state index in [1.165, 1.54) is 5.56 Å². The number of carbonyl (C=O) groups is 1. The summed E-state index contributed by atoms with van der Waals surface area (Å²) >= 11 is 0. The van der Waals surface area contributed by atoms with E-state index in [-0.39, 0.29) is 6.09 Å². The second kappa shape index (κ2) is 9.43. The Hall–Kier alpha value is -3.35. The van der Waals surface area contributed by atoms with Crippen LogP contribution < -0.4 is 9.57 Å². The van der Waals surface area contributed by atoms with Gasteiger partial charge in [0.1, 0.15) is 18.7 Å². The van der Waals surface area contributed by atoms with Gasteiger partial charge in [-0.3, -0.25) is 4.98 Å². The van der Waals surface area contributed by atoms with Crippen LogP contribution in [0.3, 0.4) is 0 Å². The Morgan fingerprint density at radius 1 is 1.13 bits per heavy atom. The van der Waals surface area contributed by atoms with E-state index in [0.717, 1.165) is 30.5 Å². The van der Waals surface area contributed by atoms with Gasteiger partial charge in [0.15, 0.2) is 0 Å². The Morgan fingerprint density at radius 3 is 2.63 bits per heavy atom. The molecule has 4 rings (SSSR count). The van der Waals surface area contributed by atoms with Gasteiger partial charge in [-0.25, -0.2) is 9.78 Å². The lowest BCUT2D eigenvalue weighted by atomic mass is 9.98. The summed E-state index contributed by atoms with van der Waals surface area (Å²) in [4.78, 5) is 28.2. The van der Waals surface area contributed by atoms with Gasteiger partial charge in [-0.1, -0.05) is 12.1 Å². The Bertz CT molecular complexity index is 949. The van der Waals surface area contributed by atoms with E-state index in [0.29, 0.717) is 31.4 Å². The standard InChI is InChI=1S/C23H26N4O3/c1-18-6-9-25-21(14-18)15-19-2-4-22(5-3-19)30-23(28)26-11-7-20(8-12-26)16-29-27-13-10-24-17-27/h2-6,9-10,13-14,17,20H,7-8,11-12,15-16H2,1H3. The summed E-state index contributed by atoms with van der Waals surface area (Å²) < 4.78 is 7.17. The van der Waals surface area contributed by atoms with Gasteiger partial charge in [0.2, 0.25) is 0 Å². The minimum Gasteiger partial charge on any atom is -0.413 e. The van der Waals surface area contributed by atoms with Crippen LogP contribution in [0.2, 0.25) is 0 Å². The summed E-state index contributed by atoms with van der Waals surface area (Å²) in [6.45, 7) is 4.03. The molecule has 7 heteroatoms. The third-order valence-corrected chi connectivity index (χ3v) is 5.30. The Kier molecular flexibility index (Phi) is 6.27. The Labute approximate surface area is 176 Å². The molecule has 0 unspecified atom stereocenters. The quantitative estimate of drug-likeness (QED) is 0.627. The average molecular weight is 406 g/mol. The number of benzene rings is 1. The molecule has 156 valence electrons. The normalized spacial score (nSPS) is 14.5. The molecule has 7 nitrogen and oxygen atoms in total. The van der Waals surface area contributed by atoms with Crippen molar-refractivity contribution < 1.29 is 14.4 Å². The van der Waals surface area contributed by atoms with Crippen molar-refractivity contribution in [1.82, 2.24) is 19.6 Å². The lowest BCUT2D eigenvalue weighted by molar-refractivity contribution is 0.0541. The molecule has 1 amide bonds. The molecule has 0 radical (unpaired) electrons. The van der Waals surface area contributed by atoms with Crippen LogP contribution >= 0.6 is 0 Å². The molecule has 3 heterocycles. The number of aromatic nitrogens is 3. The highest BCUT2D eigenvalue weighted by Gasteiger charge is 2.24. The van der Waals surface area contributed by atoms with Crippen LogP contribution in [0.1, 0.15) is 29.7 Å². The minimum absolute atomic E-state index is 0.294. The maximum Gasteiger partial charge on any atom is 0.415 e. The Morgan fingerprint density at radius 2 is 1.93 bits per heavy atom. The van der Waals surface area contributed by atoms with Gasteiger partial charge < -0.3 is 14.5 Å². The van der Waals surface area contributed by atoms with Crippen molar-refractivity contribution in [3.05, 3.63) is 78.1 Å². The summed E-state index contributed by atoms with van der Waals surface area (Å²) in [6.07, 6.45) is 9.17. The second-order valence-corrected chi connectivity index (χ2v) is 7.66. The van der Waals surface area contributed by atoms with Crippen LogP contribution in [0.5, 0.6) is 5.75 Å². The first-order valence-electron chi connectivity index (χ1n) is 10.2. The van der Waals surface area contributed by atoms with Gasteiger partial charge in [0.25, 0.3) is 0 Å². The first kappa shape index (κ1) is 19.9. The second-order valence-electron chi connectivity index (χ2n) is 7.66. The number of carbonyl (C=O) groups excluding carboxylic acids is 1. The largest absolute Gasteiger partial charge is 0.415 e. The summed E-state index contributed by atoms with van der Waals surface area (Å²) in [5, 5.41) is 0. The number of aryl methyl sites for hydroxylation is 1. The van der Waals surface area contributed by atoms with E-state index in [9.17, 15) is 4.79 Å². The zero-order valence-corrected chi connectivity index (χ0v) is 17.1. The molecule has 1 aliphatic heterocycles. The molecule has 3 aromatic rings. The molecular weight excluding hydrogens is 380 g/mol. The van der Waals surface area contributed by atoms with Gasteiger partial charge in [-0.15, -0.1) is 0 Å². The number of likely N-dealkylation sites (tertiary alicyclic amines) is 1. The number of hydrogen-bond acceptors (Lipinski definition) is 5. The molecule has 0 atom stereocenters. The zero-order valence-electron chi connectivity index (χ0n) is 17.1. The van der Waals surface area contributed by atoms with E-state index in [4.69, 9.17) is 9.57 Å². The number of ether oxygens (including phenoxy) is 1. The van der Waals surface area contributed by atoms with Gasteiger partial charge in [-0.05, 0) is 61.1 Å². The van der Waals surface area contributed by atoms with Crippen molar-refractivity contribution in [2.75, 3.05) is 19.7 Å². The molecule has 0 bridgehead atoms.